The number of hydrogen-bond acceptors (Lipinski definition) is 2. The van der Waals surface area contributed by atoms with Crippen molar-refractivity contribution in [2.24, 2.45) is 5.92 Å². The van der Waals surface area contributed by atoms with Crippen molar-refractivity contribution >= 4 is 22.9 Å². The third-order valence-electron chi connectivity index (χ3n) is 4.44. The van der Waals surface area contributed by atoms with Gasteiger partial charge in [-0.05, 0) is 48.4 Å². The van der Waals surface area contributed by atoms with E-state index in [2.05, 4.69) is 22.4 Å². The maximum Gasteiger partial charge on any atom is 0.317 e. The molecule has 0 radical (unpaired) electrons. The highest BCUT2D eigenvalue weighted by molar-refractivity contribution is 5.80. The van der Waals surface area contributed by atoms with Crippen LogP contribution in [0.15, 0.2) is 30.5 Å². The number of aliphatic carboxylic acids is 1. The highest BCUT2D eigenvalue weighted by Gasteiger charge is 2.26. The summed E-state index contributed by atoms with van der Waals surface area (Å²) in [6, 6.07) is 8.16. The van der Waals surface area contributed by atoms with Crippen molar-refractivity contribution in [3.63, 3.8) is 0 Å². The Balaban J connectivity index is 1.45. The highest BCUT2D eigenvalue weighted by Crippen LogP contribution is 2.17. The van der Waals surface area contributed by atoms with E-state index in [1.165, 1.54) is 10.9 Å². The average molecular weight is 315 g/mol. The van der Waals surface area contributed by atoms with E-state index in [9.17, 15) is 9.59 Å². The number of rotatable bonds is 4. The van der Waals surface area contributed by atoms with Gasteiger partial charge in [0.05, 0.1) is 5.92 Å². The maximum absolute atomic E-state index is 12.1. The van der Waals surface area contributed by atoms with Crippen LogP contribution in [0.2, 0.25) is 0 Å². The molecule has 1 aromatic heterocycles. The second-order valence-electron chi connectivity index (χ2n) is 5.98. The Morgan fingerprint density at radius 1 is 1.26 bits per heavy atom. The number of piperidine rings is 1. The molecule has 122 valence electrons. The quantitative estimate of drug-likeness (QED) is 0.808. The predicted octanol–water partition coefficient (Wildman–Crippen LogP) is 2.22. The summed E-state index contributed by atoms with van der Waals surface area (Å²) >= 11 is 0. The van der Waals surface area contributed by atoms with Gasteiger partial charge < -0.3 is 20.3 Å². The van der Waals surface area contributed by atoms with Crippen LogP contribution in [0.3, 0.4) is 0 Å². The Hall–Kier alpha value is -2.50. The van der Waals surface area contributed by atoms with E-state index in [1.807, 2.05) is 18.3 Å². The third kappa shape index (κ3) is 3.64. The number of nitrogens with zero attached hydrogens (tertiary/aromatic N) is 1. The van der Waals surface area contributed by atoms with Crippen molar-refractivity contribution in [1.29, 1.82) is 0 Å². The number of carbonyl (C=O) groups is 2. The number of nitrogens with one attached hydrogen (secondary N) is 2. The van der Waals surface area contributed by atoms with Gasteiger partial charge in [-0.15, -0.1) is 0 Å². The molecule has 2 aromatic rings. The minimum atomic E-state index is -0.759. The number of urea groups is 1. The fraction of sp³-hybridized carbons (Fsp3) is 0.412. The normalized spacial score (nSPS) is 15.7. The van der Waals surface area contributed by atoms with Crippen molar-refractivity contribution in [2.45, 2.75) is 19.3 Å². The molecule has 2 amide bonds. The molecule has 6 heteroatoms. The minimum absolute atomic E-state index is 0.100. The molecule has 1 saturated heterocycles. The zero-order valence-electron chi connectivity index (χ0n) is 12.9. The van der Waals surface area contributed by atoms with E-state index < -0.39 is 5.97 Å². The van der Waals surface area contributed by atoms with E-state index >= 15 is 0 Å². The van der Waals surface area contributed by atoms with Crippen LogP contribution in [0, 0.1) is 5.92 Å². The molecule has 6 nitrogen and oxygen atoms in total. The van der Waals surface area contributed by atoms with E-state index in [0.717, 1.165) is 11.9 Å². The summed E-state index contributed by atoms with van der Waals surface area (Å²) in [5, 5.41) is 13.1. The van der Waals surface area contributed by atoms with Gasteiger partial charge in [0.25, 0.3) is 0 Å². The second kappa shape index (κ2) is 6.73. The first-order valence-corrected chi connectivity index (χ1v) is 7.95. The van der Waals surface area contributed by atoms with Gasteiger partial charge in [0.1, 0.15) is 0 Å². The molecule has 0 spiro atoms. The van der Waals surface area contributed by atoms with Crippen LogP contribution in [0.1, 0.15) is 18.4 Å². The number of hydrogen-bond donors (Lipinski definition) is 3. The summed E-state index contributed by atoms with van der Waals surface area (Å²) in [5.41, 5.74) is 2.29. The lowest BCUT2D eigenvalue weighted by Gasteiger charge is -2.30. The van der Waals surface area contributed by atoms with Gasteiger partial charge in [-0.1, -0.05) is 6.07 Å². The molecule has 3 rings (SSSR count). The van der Waals surface area contributed by atoms with Gasteiger partial charge in [0.2, 0.25) is 0 Å². The van der Waals surface area contributed by atoms with E-state index in [1.54, 1.807) is 4.90 Å². The van der Waals surface area contributed by atoms with Crippen molar-refractivity contribution in [1.82, 2.24) is 15.2 Å². The maximum atomic E-state index is 12.1. The lowest BCUT2D eigenvalue weighted by molar-refractivity contribution is -0.143. The molecule has 0 atom stereocenters. The molecule has 0 aliphatic carbocycles. The number of benzene rings is 1. The SMILES string of the molecule is O=C(O)C1CCN(C(=O)NCCc2ccc3[nH]ccc3c2)CC1. The smallest absolute Gasteiger partial charge is 0.317 e. The first kappa shape index (κ1) is 15.4. The van der Waals surface area contributed by atoms with E-state index in [-0.39, 0.29) is 11.9 Å². The summed E-state index contributed by atoms with van der Waals surface area (Å²) < 4.78 is 0. The number of likely N-dealkylation sites (tertiary alicyclic amines) is 1. The Bertz CT molecular complexity index is 702. The highest BCUT2D eigenvalue weighted by atomic mass is 16.4. The van der Waals surface area contributed by atoms with Crippen LogP contribution in [-0.4, -0.2) is 46.6 Å². The number of amides is 2. The summed E-state index contributed by atoms with van der Waals surface area (Å²) in [7, 11) is 0. The molecule has 1 aromatic carbocycles. The van der Waals surface area contributed by atoms with Crippen LogP contribution in [0.5, 0.6) is 0 Å². The average Bonchev–Trinajstić information content (AvgIpc) is 3.02. The number of carbonyl (C=O) groups excluding carboxylic acids is 1. The summed E-state index contributed by atoms with van der Waals surface area (Å²) in [5.74, 6) is -1.07. The monoisotopic (exact) mass is 315 g/mol. The second-order valence-corrected chi connectivity index (χ2v) is 5.98. The zero-order chi connectivity index (χ0) is 16.2. The fourth-order valence-electron chi connectivity index (χ4n) is 3.01. The van der Waals surface area contributed by atoms with E-state index in [0.29, 0.717) is 32.5 Å². The molecule has 3 N–H and O–H groups in total. The van der Waals surface area contributed by atoms with Crippen molar-refractivity contribution in [3.8, 4) is 0 Å². The Morgan fingerprint density at radius 2 is 2.04 bits per heavy atom. The summed E-state index contributed by atoms with van der Waals surface area (Å²) in [6.45, 7) is 1.60. The van der Waals surface area contributed by atoms with Crippen LogP contribution >= 0.6 is 0 Å². The molecule has 0 bridgehead atoms. The Kier molecular flexibility index (Phi) is 4.50. The summed E-state index contributed by atoms with van der Waals surface area (Å²) in [6.07, 6.45) is 3.76. The Labute approximate surface area is 134 Å². The molecule has 2 heterocycles. The molecular formula is C17H21N3O3. The standard InChI is InChI=1S/C17H21N3O3/c21-16(22)13-5-9-20(10-6-13)17(23)19-7-3-12-1-2-15-14(11-12)4-8-18-15/h1-2,4,8,11,13,18H,3,5-7,9-10H2,(H,19,23)(H,21,22). The van der Waals surface area contributed by atoms with Gasteiger partial charge in [0.15, 0.2) is 0 Å². The molecular weight excluding hydrogens is 294 g/mol. The molecule has 0 unspecified atom stereocenters. The Morgan fingerprint density at radius 3 is 2.78 bits per heavy atom. The lowest BCUT2D eigenvalue weighted by Crippen LogP contribution is -2.45. The van der Waals surface area contributed by atoms with Crippen molar-refractivity contribution in [3.05, 3.63) is 36.0 Å². The number of fused-ring (bicyclic) bond motifs is 1. The van der Waals surface area contributed by atoms with Gasteiger partial charge in [-0.2, -0.15) is 0 Å². The number of aromatic amines is 1. The van der Waals surface area contributed by atoms with Gasteiger partial charge in [0, 0.05) is 31.3 Å². The van der Waals surface area contributed by atoms with Crippen molar-refractivity contribution < 1.29 is 14.7 Å². The van der Waals surface area contributed by atoms with Crippen LogP contribution in [0.4, 0.5) is 4.79 Å². The van der Waals surface area contributed by atoms with Crippen LogP contribution in [-0.2, 0) is 11.2 Å². The molecule has 0 saturated carbocycles. The topological polar surface area (TPSA) is 85.4 Å². The fourth-order valence-corrected chi connectivity index (χ4v) is 3.01. The first-order valence-electron chi connectivity index (χ1n) is 7.95. The molecule has 23 heavy (non-hydrogen) atoms. The molecule has 1 fully saturated rings. The number of carboxylic acid groups (broad SMARTS) is 1. The third-order valence-corrected chi connectivity index (χ3v) is 4.44. The number of aromatic nitrogens is 1. The van der Waals surface area contributed by atoms with Gasteiger partial charge in [-0.25, -0.2) is 4.79 Å². The van der Waals surface area contributed by atoms with Crippen LogP contribution < -0.4 is 5.32 Å². The zero-order valence-corrected chi connectivity index (χ0v) is 12.9. The van der Waals surface area contributed by atoms with Crippen LogP contribution in [0.25, 0.3) is 10.9 Å². The number of carboxylic acids is 1. The van der Waals surface area contributed by atoms with Crippen molar-refractivity contribution in [2.75, 3.05) is 19.6 Å². The molecule has 1 aliphatic rings. The van der Waals surface area contributed by atoms with Gasteiger partial charge >= 0.3 is 12.0 Å². The van der Waals surface area contributed by atoms with E-state index in [4.69, 9.17) is 5.11 Å². The number of H-pyrrole nitrogens is 1. The van der Waals surface area contributed by atoms with Gasteiger partial charge in [-0.3, -0.25) is 4.79 Å². The largest absolute Gasteiger partial charge is 0.481 e. The lowest BCUT2D eigenvalue weighted by atomic mass is 9.97. The predicted molar refractivity (Wildman–Crippen MR) is 87.3 cm³/mol. The summed E-state index contributed by atoms with van der Waals surface area (Å²) in [4.78, 5) is 27.9. The first-order chi connectivity index (χ1) is 11.1. The molecule has 1 aliphatic heterocycles. The minimum Gasteiger partial charge on any atom is -0.481 e.